The van der Waals surface area contributed by atoms with E-state index < -0.39 is 0 Å². The quantitative estimate of drug-likeness (QED) is 0.474. The minimum Gasteiger partial charge on any atom is -0.379 e. The summed E-state index contributed by atoms with van der Waals surface area (Å²) in [5, 5.41) is 7.49. The number of likely N-dealkylation sites (tertiary alicyclic amines) is 1. The van der Waals surface area contributed by atoms with E-state index in [1.54, 1.807) is 45.9 Å². The van der Waals surface area contributed by atoms with Gasteiger partial charge in [-0.05, 0) is 18.2 Å². The van der Waals surface area contributed by atoms with Crippen LogP contribution in [0.15, 0.2) is 55.4 Å². The Balaban J connectivity index is 1.49. The highest BCUT2D eigenvalue weighted by molar-refractivity contribution is 6.32. The lowest BCUT2D eigenvalue weighted by molar-refractivity contribution is -0.125. The number of fused-ring (bicyclic) bond motifs is 1. The molecule has 3 aromatic rings. The molecular formula is C25H27ClN8O3. The van der Waals surface area contributed by atoms with Gasteiger partial charge in [0.2, 0.25) is 11.9 Å². The number of amides is 3. The Bertz CT molecular complexity index is 1330. The Morgan fingerprint density at radius 3 is 2.76 bits per heavy atom. The summed E-state index contributed by atoms with van der Waals surface area (Å²) in [6, 6.07) is 9.24. The molecule has 0 bridgehead atoms. The molecule has 3 amide bonds. The largest absolute Gasteiger partial charge is 0.379 e. The van der Waals surface area contributed by atoms with Gasteiger partial charge in [-0.15, -0.1) is 0 Å². The van der Waals surface area contributed by atoms with Crippen molar-refractivity contribution in [3.63, 3.8) is 0 Å². The second-order valence-electron chi connectivity index (χ2n) is 8.97. The third-order valence-corrected chi connectivity index (χ3v) is 6.85. The van der Waals surface area contributed by atoms with Gasteiger partial charge in [0.1, 0.15) is 5.82 Å². The second-order valence-corrected chi connectivity index (χ2v) is 9.33. The van der Waals surface area contributed by atoms with E-state index in [-0.39, 0.29) is 35.1 Å². The molecule has 5 rings (SSSR count). The summed E-state index contributed by atoms with van der Waals surface area (Å²) in [6.07, 6.45) is 4.49. The Kier molecular flexibility index (Phi) is 6.81. The van der Waals surface area contributed by atoms with Gasteiger partial charge in [-0.2, -0.15) is 10.1 Å². The van der Waals surface area contributed by atoms with Crippen molar-refractivity contribution in [2.45, 2.75) is 12.6 Å². The van der Waals surface area contributed by atoms with Gasteiger partial charge in [0.15, 0.2) is 5.15 Å². The number of ether oxygens (including phenoxy) is 1. The number of aromatic nitrogens is 4. The number of anilines is 4. The van der Waals surface area contributed by atoms with Gasteiger partial charge in [0.05, 0.1) is 18.3 Å². The molecule has 2 aliphatic rings. The molecule has 2 aromatic heterocycles. The minimum absolute atomic E-state index is 0.124. The van der Waals surface area contributed by atoms with Gasteiger partial charge in [-0.25, -0.2) is 9.78 Å². The van der Waals surface area contributed by atoms with Crippen LogP contribution >= 0.6 is 11.6 Å². The van der Waals surface area contributed by atoms with Crippen LogP contribution in [0, 0.1) is 5.92 Å². The number of benzene rings is 1. The lowest BCUT2D eigenvalue weighted by Crippen LogP contribution is -2.51. The molecule has 1 fully saturated rings. The third kappa shape index (κ3) is 4.87. The van der Waals surface area contributed by atoms with Gasteiger partial charge in [-0.3, -0.25) is 19.3 Å². The normalized spacial score (nSPS) is 19.2. The van der Waals surface area contributed by atoms with Crippen LogP contribution < -0.4 is 15.1 Å². The predicted octanol–water partition coefficient (Wildman–Crippen LogP) is 3.21. The number of para-hydroxylation sites is 1. The van der Waals surface area contributed by atoms with Crippen LogP contribution in [0.4, 0.5) is 27.9 Å². The van der Waals surface area contributed by atoms with Crippen molar-refractivity contribution in [3.8, 4) is 0 Å². The Morgan fingerprint density at radius 2 is 2.08 bits per heavy atom. The van der Waals surface area contributed by atoms with E-state index in [9.17, 15) is 9.59 Å². The Labute approximate surface area is 219 Å². The summed E-state index contributed by atoms with van der Waals surface area (Å²) in [5.41, 5.74) is 2.11. The van der Waals surface area contributed by atoms with Crippen LogP contribution in [0.2, 0.25) is 5.15 Å². The number of hydrogen-bond donors (Lipinski definition) is 1. The smallest absolute Gasteiger partial charge is 0.330 e. The number of methoxy groups -OCH3 is 1. The van der Waals surface area contributed by atoms with Gasteiger partial charge < -0.3 is 15.0 Å². The van der Waals surface area contributed by atoms with Gasteiger partial charge >= 0.3 is 6.03 Å². The molecule has 37 heavy (non-hydrogen) atoms. The highest BCUT2D eigenvalue weighted by Crippen LogP contribution is 2.34. The van der Waals surface area contributed by atoms with Crippen LogP contribution in [0.3, 0.4) is 0 Å². The number of carbonyl (C=O) groups is 2. The number of halogens is 1. The summed E-state index contributed by atoms with van der Waals surface area (Å²) in [4.78, 5) is 40.3. The Morgan fingerprint density at radius 1 is 1.30 bits per heavy atom. The molecule has 4 heterocycles. The zero-order valence-electron chi connectivity index (χ0n) is 20.5. The SMILES string of the molecule is C=CC(=O)N1C[C@H](CN2C(=O)N(c3ccccc3)Cc3cnc(Nc4cn(C)nc4Cl)nc32)[C@@H](OC)C1. The van der Waals surface area contributed by atoms with Crippen LogP contribution in [0.25, 0.3) is 0 Å². The predicted molar refractivity (Wildman–Crippen MR) is 140 cm³/mol. The Hall–Kier alpha value is -3.96. The molecule has 192 valence electrons. The number of nitrogens with zero attached hydrogens (tertiary/aromatic N) is 7. The second kappa shape index (κ2) is 10.2. The summed E-state index contributed by atoms with van der Waals surface area (Å²) in [7, 11) is 3.38. The van der Waals surface area contributed by atoms with Crippen LogP contribution in [0.1, 0.15) is 5.56 Å². The average molecular weight is 523 g/mol. The first-order valence-electron chi connectivity index (χ1n) is 11.8. The molecule has 1 saturated heterocycles. The molecule has 0 radical (unpaired) electrons. The topological polar surface area (TPSA) is 109 Å². The molecule has 0 saturated carbocycles. The fourth-order valence-electron chi connectivity index (χ4n) is 4.74. The maximum Gasteiger partial charge on any atom is 0.330 e. The molecule has 2 atom stereocenters. The highest BCUT2D eigenvalue weighted by Gasteiger charge is 2.40. The van der Waals surface area contributed by atoms with Crippen molar-refractivity contribution in [3.05, 3.63) is 66.1 Å². The molecule has 1 aromatic carbocycles. The molecule has 0 unspecified atom stereocenters. The van der Waals surface area contributed by atoms with E-state index in [2.05, 4.69) is 22.0 Å². The number of nitrogens with one attached hydrogen (secondary N) is 1. The maximum absolute atomic E-state index is 13.9. The standard InChI is InChI=1S/C25H27ClN8O3/c1-4-21(35)32-11-17(20(15-32)37-3)13-34-23-16(12-33(25(34)36)18-8-6-5-7-9-18)10-27-24(29-23)28-19-14-31(2)30-22(19)26/h4-10,14,17,20H,1,11-13,15H2,2-3H3,(H,27,28,29)/t17-,20+/m1/s1. The van der Waals surface area contributed by atoms with Crippen LogP contribution in [-0.4, -0.2) is 69.4 Å². The van der Waals surface area contributed by atoms with E-state index in [4.69, 9.17) is 21.3 Å². The van der Waals surface area contributed by atoms with Gasteiger partial charge in [-0.1, -0.05) is 36.4 Å². The monoisotopic (exact) mass is 522 g/mol. The number of urea groups is 1. The van der Waals surface area contributed by atoms with Gasteiger partial charge in [0, 0.05) is 63.4 Å². The first-order valence-corrected chi connectivity index (χ1v) is 12.2. The summed E-state index contributed by atoms with van der Waals surface area (Å²) in [5.74, 6) is 0.499. The molecule has 2 aliphatic heterocycles. The highest BCUT2D eigenvalue weighted by atomic mass is 35.5. The summed E-state index contributed by atoms with van der Waals surface area (Å²) in [6.45, 7) is 5.09. The number of aryl methyl sites for hydroxylation is 1. The van der Waals surface area contributed by atoms with E-state index in [1.807, 2.05) is 30.3 Å². The van der Waals surface area contributed by atoms with E-state index >= 15 is 0 Å². The number of hydrogen-bond acceptors (Lipinski definition) is 7. The lowest BCUT2D eigenvalue weighted by atomic mass is 10.0. The van der Waals surface area contributed by atoms with E-state index in [0.717, 1.165) is 11.3 Å². The fourth-order valence-corrected chi connectivity index (χ4v) is 4.96. The van der Waals surface area contributed by atoms with E-state index in [0.29, 0.717) is 37.7 Å². The van der Waals surface area contributed by atoms with Crippen LogP contribution in [0.5, 0.6) is 0 Å². The summed E-state index contributed by atoms with van der Waals surface area (Å²) >= 11 is 6.20. The molecule has 1 N–H and O–H groups in total. The molecule has 0 spiro atoms. The fraction of sp³-hybridized carbons (Fsp3) is 0.320. The third-order valence-electron chi connectivity index (χ3n) is 6.57. The van der Waals surface area contributed by atoms with Crippen molar-refractivity contribution >= 4 is 46.7 Å². The van der Waals surface area contributed by atoms with Gasteiger partial charge in [0.25, 0.3) is 0 Å². The summed E-state index contributed by atoms with van der Waals surface area (Å²) < 4.78 is 7.28. The lowest BCUT2D eigenvalue weighted by Gasteiger charge is -2.37. The van der Waals surface area contributed by atoms with Crippen molar-refractivity contribution in [2.24, 2.45) is 13.0 Å². The first-order chi connectivity index (χ1) is 17.9. The van der Waals surface area contributed by atoms with E-state index in [1.165, 1.54) is 6.08 Å². The molecule has 11 nitrogen and oxygen atoms in total. The van der Waals surface area contributed by atoms with Crippen molar-refractivity contribution < 1.29 is 14.3 Å². The first kappa shape index (κ1) is 24.7. The molecule has 12 heteroatoms. The number of carbonyl (C=O) groups excluding carboxylic acids is 2. The zero-order chi connectivity index (χ0) is 26.1. The van der Waals surface area contributed by atoms with Crippen molar-refractivity contribution in [1.82, 2.24) is 24.6 Å². The van der Waals surface area contributed by atoms with Crippen molar-refractivity contribution in [2.75, 3.05) is 41.9 Å². The zero-order valence-corrected chi connectivity index (χ0v) is 21.3. The maximum atomic E-state index is 13.9. The average Bonchev–Trinajstić information content (AvgIpc) is 3.47. The minimum atomic E-state index is -0.235. The molecular weight excluding hydrogens is 496 g/mol. The van der Waals surface area contributed by atoms with Crippen LogP contribution in [-0.2, 0) is 23.1 Å². The number of rotatable bonds is 7. The van der Waals surface area contributed by atoms with Crippen molar-refractivity contribution in [1.29, 1.82) is 0 Å². The molecule has 0 aliphatic carbocycles.